The molecule has 4 nitrogen and oxygen atoms in total. The van der Waals surface area contributed by atoms with Gasteiger partial charge in [0.05, 0.1) is 13.7 Å². The van der Waals surface area contributed by atoms with Crippen LogP contribution in [0.1, 0.15) is 30.9 Å². The van der Waals surface area contributed by atoms with Gasteiger partial charge in [0, 0.05) is 31.2 Å². The standard InChI is InChI=1S/C22H29FN2O2/c1-3-27-22-13-17(10-11-21(22)26-2)14-24-19-8-6-12-25(16-19)15-18-7-4-5-9-20(18)23/h4-5,7,9-11,13,19,24H,3,6,8,12,14-16H2,1-2H3/t19-/m1/s1. The lowest BCUT2D eigenvalue weighted by Crippen LogP contribution is -2.45. The van der Waals surface area contributed by atoms with Crippen LogP contribution < -0.4 is 14.8 Å². The Kier molecular flexibility index (Phi) is 7.07. The molecule has 146 valence electrons. The number of nitrogens with one attached hydrogen (secondary N) is 1. The van der Waals surface area contributed by atoms with Crippen LogP contribution in [0.5, 0.6) is 11.5 Å². The summed E-state index contributed by atoms with van der Waals surface area (Å²) in [4.78, 5) is 2.33. The van der Waals surface area contributed by atoms with Gasteiger partial charge < -0.3 is 14.8 Å². The number of hydrogen-bond donors (Lipinski definition) is 1. The van der Waals surface area contributed by atoms with E-state index in [2.05, 4.69) is 16.3 Å². The molecular formula is C22H29FN2O2. The second-order valence-corrected chi connectivity index (χ2v) is 6.96. The molecule has 0 bridgehead atoms. The maximum atomic E-state index is 13.9. The van der Waals surface area contributed by atoms with Gasteiger partial charge in [-0.05, 0) is 50.1 Å². The van der Waals surface area contributed by atoms with Gasteiger partial charge in [0.1, 0.15) is 5.82 Å². The van der Waals surface area contributed by atoms with Gasteiger partial charge in [0.15, 0.2) is 11.5 Å². The number of rotatable bonds is 8. The van der Waals surface area contributed by atoms with E-state index < -0.39 is 0 Å². The summed E-state index contributed by atoms with van der Waals surface area (Å²) in [7, 11) is 1.65. The number of halogens is 1. The van der Waals surface area contributed by atoms with Gasteiger partial charge in [-0.1, -0.05) is 24.3 Å². The molecule has 1 atom stereocenters. The quantitative estimate of drug-likeness (QED) is 0.760. The fraction of sp³-hybridized carbons (Fsp3) is 0.455. The first-order valence-corrected chi connectivity index (χ1v) is 9.68. The van der Waals surface area contributed by atoms with E-state index in [4.69, 9.17) is 9.47 Å². The first-order valence-electron chi connectivity index (χ1n) is 9.68. The lowest BCUT2D eigenvalue weighted by atomic mass is 10.0. The molecule has 2 aromatic carbocycles. The predicted molar refractivity (Wildman–Crippen MR) is 106 cm³/mol. The Morgan fingerprint density at radius 2 is 2.04 bits per heavy atom. The van der Waals surface area contributed by atoms with Gasteiger partial charge in [-0.25, -0.2) is 4.39 Å². The highest BCUT2D eigenvalue weighted by atomic mass is 19.1. The number of hydrogen-bond acceptors (Lipinski definition) is 4. The van der Waals surface area contributed by atoms with Crippen molar-refractivity contribution in [3.63, 3.8) is 0 Å². The monoisotopic (exact) mass is 372 g/mol. The molecular weight excluding hydrogens is 343 g/mol. The minimum Gasteiger partial charge on any atom is -0.493 e. The highest BCUT2D eigenvalue weighted by molar-refractivity contribution is 5.43. The van der Waals surface area contributed by atoms with E-state index in [1.165, 1.54) is 11.6 Å². The van der Waals surface area contributed by atoms with Crippen LogP contribution in [-0.4, -0.2) is 37.7 Å². The Labute approximate surface area is 161 Å². The largest absolute Gasteiger partial charge is 0.493 e. The highest BCUT2D eigenvalue weighted by Crippen LogP contribution is 2.28. The van der Waals surface area contributed by atoms with Crippen molar-refractivity contribution in [3.05, 3.63) is 59.4 Å². The Morgan fingerprint density at radius 1 is 1.19 bits per heavy atom. The predicted octanol–water partition coefficient (Wildman–Crippen LogP) is 3.99. The van der Waals surface area contributed by atoms with Crippen molar-refractivity contribution < 1.29 is 13.9 Å². The van der Waals surface area contributed by atoms with Gasteiger partial charge in [0.2, 0.25) is 0 Å². The number of benzene rings is 2. The first-order chi connectivity index (χ1) is 13.2. The normalized spacial score (nSPS) is 17.7. The Balaban J connectivity index is 1.55. The molecule has 0 aromatic heterocycles. The zero-order chi connectivity index (χ0) is 19.1. The molecule has 0 aliphatic carbocycles. The molecule has 1 aliphatic heterocycles. The average molecular weight is 372 g/mol. The number of methoxy groups -OCH3 is 1. The molecule has 0 spiro atoms. The molecule has 1 N–H and O–H groups in total. The molecule has 0 unspecified atom stereocenters. The van der Waals surface area contributed by atoms with E-state index in [-0.39, 0.29) is 5.82 Å². The van der Waals surface area contributed by atoms with E-state index >= 15 is 0 Å². The first kappa shape index (κ1) is 19.6. The second kappa shape index (κ2) is 9.72. The Bertz CT molecular complexity index is 738. The van der Waals surface area contributed by atoms with Crippen molar-refractivity contribution in [3.8, 4) is 11.5 Å². The zero-order valence-electron chi connectivity index (χ0n) is 16.2. The topological polar surface area (TPSA) is 33.7 Å². The number of ether oxygens (including phenoxy) is 2. The Hall–Kier alpha value is -2.11. The van der Waals surface area contributed by atoms with Crippen molar-refractivity contribution in [2.24, 2.45) is 0 Å². The van der Waals surface area contributed by atoms with E-state index in [0.717, 1.165) is 49.5 Å². The molecule has 1 heterocycles. The third-order valence-electron chi connectivity index (χ3n) is 4.98. The minimum absolute atomic E-state index is 0.116. The summed E-state index contributed by atoms with van der Waals surface area (Å²) < 4.78 is 24.9. The van der Waals surface area contributed by atoms with Crippen molar-refractivity contribution in [1.29, 1.82) is 0 Å². The second-order valence-electron chi connectivity index (χ2n) is 6.96. The SMILES string of the molecule is CCOc1cc(CN[C@@H]2CCCN(Cc3ccccc3F)C2)ccc1OC. The van der Waals surface area contributed by atoms with E-state index in [1.54, 1.807) is 13.2 Å². The number of piperidine rings is 1. The summed E-state index contributed by atoms with van der Waals surface area (Å²) in [6.45, 7) is 5.98. The van der Waals surface area contributed by atoms with Crippen molar-refractivity contribution in [1.82, 2.24) is 10.2 Å². The molecule has 1 saturated heterocycles. The van der Waals surface area contributed by atoms with E-state index in [1.807, 2.05) is 31.2 Å². The molecule has 0 saturated carbocycles. The van der Waals surface area contributed by atoms with E-state index in [0.29, 0.717) is 19.2 Å². The summed E-state index contributed by atoms with van der Waals surface area (Å²) in [6, 6.07) is 13.5. The van der Waals surface area contributed by atoms with Crippen molar-refractivity contribution >= 4 is 0 Å². The molecule has 27 heavy (non-hydrogen) atoms. The van der Waals surface area contributed by atoms with E-state index in [9.17, 15) is 4.39 Å². The number of likely N-dealkylation sites (tertiary alicyclic amines) is 1. The molecule has 5 heteroatoms. The highest BCUT2D eigenvalue weighted by Gasteiger charge is 2.20. The van der Waals surface area contributed by atoms with Crippen LogP contribution >= 0.6 is 0 Å². The maximum absolute atomic E-state index is 13.9. The van der Waals surface area contributed by atoms with Gasteiger partial charge in [0.25, 0.3) is 0 Å². The fourth-order valence-electron chi connectivity index (χ4n) is 3.59. The molecule has 0 radical (unpaired) electrons. The summed E-state index contributed by atoms with van der Waals surface area (Å²) >= 11 is 0. The average Bonchev–Trinajstić information content (AvgIpc) is 2.69. The van der Waals surface area contributed by atoms with Gasteiger partial charge in [-0.3, -0.25) is 4.90 Å². The third-order valence-corrected chi connectivity index (χ3v) is 4.98. The summed E-state index contributed by atoms with van der Waals surface area (Å²) in [5.41, 5.74) is 1.94. The Morgan fingerprint density at radius 3 is 2.81 bits per heavy atom. The summed E-state index contributed by atoms with van der Waals surface area (Å²) in [6.07, 6.45) is 2.27. The lowest BCUT2D eigenvalue weighted by Gasteiger charge is -2.33. The van der Waals surface area contributed by atoms with Gasteiger partial charge in [-0.15, -0.1) is 0 Å². The van der Waals surface area contributed by atoms with Crippen LogP contribution in [0.2, 0.25) is 0 Å². The molecule has 3 rings (SSSR count). The fourth-order valence-corrected chi connectivity index (χ4v) is 3.59. The van der Waals surface area contributed by atoms with Crippen molar-refractivity contribution in [2.45, 2.75) is 38.9 Å². The molecule has 0 amide bonds. The van der Waals surface area contributed by atoms with Crippen molar-refractivity contribution in [2.75, 3.05) is 26.8 Å². The minimum atomic E-state index is -0.116. The third kappa shape index (κ3) is 5.44. The van der Waals surface area contributed by atoms with Gasteiger partial charge in [-0.2, -0.15) is 0 Å². The van der Waals surface area contributed by atoms with Crippen LogP contribution in [0.4, 0.5) is 4.39 Å². The van der Waals surface area contributed by atoms with Crippen LogP contribution in [0.3, 0.4) is 0 Å². The van der Waals surface area contributed by atoms with Crippen LogP contribution in [-0.2, 0) is 13.1 Å². The van der Waals surface area contributed by atoms with Crippen LogP contribution in [0.25, 0.3) is 0 Å². The van der Waals surface area contributed by atoms with Gasteiger partial charge >= 0.3 is 0 Å². The molecule has 1 fully saturated rings. The van der Waals surface area contributed by atoms with Crippen LogP contribution in [0, 0.1) is 5.82 Å². The summed E-state index contributed by atoms with van der Waals surface area (Å²) in [5.74, 6) is 1.42. The smallest absolute Gasteiger partial charge is 0.161 e. The number of nitrogens with zero attached hydrogens (tertiary/aromatic N) is 1. The maximum Gasteiger partial charge on any atom is 0.161 e. The molecule has 1 aliphatic rings. The zero-order valence-corrected chi connectivity index (χ0v) is 16.2. The van der Waals surface area contributed by atoms with Crippen LogP contribution in [0.15, 0.2) is 42.5 Å². The lowest BCUT2D eigenvalue weighted by molar-refractivity contribution is 0.181. The summed E-state index contributed by atoms with van der Waals surface area (Å²) in [5, 5.41) is 3.64. The molecule has 2 aromatic rings.